The lowest BCUT2D eigenvalue weighted by atomic mass is 10.2. The van der Waals surface area contributed by atoms with Gasteiger partial charge in [0.25, 0.3) is 0 Å². The Balaban J connectivity index is 2.63. The molecule has 0 aliphatic rings. The van der Waals surface area contributed by atoms with E-state index >= 15 is 0 Å². The highest BCUT2D eigenvalue weighted by atomic mass is 16.3. The minimum absolute atomic E-state index is 0.0111. The number of aryl methyl sites for hydroxylation is 1. The van der Waals surface area contributed by atoms with E-state index in [1.807, 2.05) is 41.9 Å². The van der Waals surface area contributed by atoms with Crippen LogP contribution in [0.1, 0.15) is 32.0 Å². The predicted octanol–water partition coefficient (Wildman–Crippen LogP) is 2.91. The van der Waals surface area contributed by atoms with Gasteiger partial charge in [-0.05, 0) is 39.8 Å². The largest absolute Gasteiger partial charge is 0.391 e. The van der Waals surface area contributed by atoms with Gasteiger partial charge in [0, 0.05) is 18.2 Å². The first-order chi connectivity index (χ1) is 9.60. The Labute approximate surface area is 120 Å². The normalized spacial score (nSPS) is 11.1. The number of hydrogen-bond donors (Lipinski definition) is 1. The zero-order valence-electron chi connectivity index (χ0n) is 12.7. The van der Waals surface area contributed by atoms with Crippen LogP contribution >= 0.6 is 0 Å². The van der Waals surface area contributed by atoms with Crippen LogP contribution in [0.2, 0.25) is 0 Å². The monoisotopic (exact) mass is 273 g/mol. The molecule has 0 aliphatic heterocycles. The van der Waals surface area contributed by atoms with Gasteiger partial charge >= 0.3 is 0 Å². The van der Waals surface area contributed by atoms with Crippen molar-refractivity contribution in [1.82, 2.24) is 9.78 Å². The van der Waals surface area contributed by atoms with Gasteiger partial charge in [-0.3, -0.25) is 0 Å². The quantitative estimate of drug-likeness (QED) is 0.910. The number of benzene rings is 1. The molecule has 0 unspecified atom stereocenters. The SMILES string of the molecule is CCN(c1c(CO)c(C)nn1-c1ccccc1)C(C)C. The smallest absolute Gasteiger partial charge is 0.138 e. The molecular formula is C16H23N3O. The molecule has 0 bridgehead atoms. The third kappa shape index (κ3) is 2.56. The number of nitrogens with zero attached hydrogens (tertiary/aromatic N) is 3. The number of anilines is 1. The number of hydrogen-bond acceptors (Lipinski definition) is 3. The molecule has 0 aliphatic carbocycles. The van der Waals surface area contributed by atoms with E-state index in [9.17, 15) is 5.11 Å². The molecular weight excluding hydrogens is 250 g/mol. The van der Waals surface area contributed by atoms with Crippen LogP contribution in [0.3, 0.4) is 0 Å². The fourth-order valence-corrected chi connectivity index (χ4v) is 2.54. The van der Waals surface area contributed by atoms with Crippen molar-refractivity contribution in [3.05, 3.63) is 41.6 Å². The van der Waals surface area contributed by atoms with Crippen LogP contribution in [0.5, 0.6) is 0 Å². The van der Waals surface area contributed by atoms with Gasteiger partial charge < -0.3 is 10.0 Å². The maximum absolute atomic E-state index is 9.71. The fourth-order valence-electron chi connectivity index (χ4n) is 2.54. The van der Waals surface area contributed by atoms with Crippen LogP contribution < -0.4 is 4.90 Å². The maximum atomic E-state index is 9.71. The average molecular weight is 273 g/mol. The molecule has 108 valence electrons. The van der Waals surface area contributed by atoms with E-state index in [-0.39, 0.29) is 6.61 Å². The summed E-state index contributed by atoms with van der Waals surface area (Å²) in [5, 5.41) is 14.3. The van der Waals surface area contributed by atoms with Crippen molar-refractivity contribution in [2.75, 3.05) is 11.4 Å². The Hall–Kier alpha value is -1.81. The van der Waals surface area contributed by atoms with Crippen molar-refractivity contribution in [2.45, 2.75) is 40.3 Å². The van der Waals surface area contributed by atoms with Crippen LogP contribution in [0.15, 0.2) is 30.3 Å². The van der Waals surface area contributed by atoms with Gasteiger partial charge in [0.05, 0.1) is 18.0 Å². The van der Waals surface area contributed by atoms with E-state index in [0.29, 0.717) is 6.04 Å². The third-order valence-corrected chi connectivity index (χ3v) is 3.55. The lowest BCUT2D eigenvalue weighted by Crippen LogP contribution is -2.33. The average Bonchev–Trinajstić information content (AvgIpc) is 2.77. The number of aliphatic hydroxyl groups excluding tert-OH is 1. The molecule has 0 saturated carbocycles. The standard InChI is InChI=1S/C16H23N3O/c1-5-18(12(2)3)16-15(11-20)13(4)17-19(16)14-9-7-6-8-10-14/h6-10,12,20H,5,11H2,1-4H3. The summed E-state index contributed by atoms with van der Waals surface area (Å²) in [6.07, 6.45) is 0. The van der Waals surface area contributed by atoms with Crippen LogP contribution in [-0.4, -0.2) is 27.5 Å². The van der Waals surface area contributed by atoms with Gasteiger partial charge in [-0.15, -0.1) is 0 Å². The summed E-state index contributed by atoms with van der Waals surface area (Å²) in [7, 11) is 0. The predicted molar refractivity (Wildman–Crippen MR) is 82.4 cm³/mol. The molecule has 1 aromatic heterocycles. The number of rotatable bonds is 5. The number of aliphatic hydroxyl groups is 1. The summed E-state index contributed by atoms with van der Waals surface area (Å²) in [6.45, 7) is 9.27. The van der Waals surface area contributed by atoms with Crippen LogP contribution in [0.4, 0.5) is 5.82 Å². The second kappa shape index (κ2) is 6.09. The van der Waals surface area contributed by atoms with Crippen LogP contribution in [0, 0.1) is 6.92 Å². The first-order valence-corrected chi connectivity index (χ1v) is 7.11. The Morgan fingerprint density at radius 1 is 1.25 bits per heavy atom. The molecule has 0 spiro atoms. The summed E-state index contributed by atoms with van der Waals surface area (Å²) in [5.41, 5.74) is 2.80. The second-order valence-electron chi connectivity index (χ2n) is 5.17. The molecule has 2 aromatic rings. The molecule has 4 nitrogen and oxygen atoms in total. The first kappa shape index (κ1) is 14.6. The fraction of sp³-hybridized carbons (Fsp3) is 0.438. The number of para-hydroxylation sites is 1. The van der Waals surface area contributed by atoms with Crippen LogP contribution in [0.25, 0.3) is 5.69 Å². The van der Waals surface area contributed by atoms with Gasteiger partial charge in [0.15, 0.2) is 0 Å². The lowest BCUT2D eigenvalue weighted by molar-refractivity contribution is 0.281. The third-order valence-electron chi connectivity index (χ3n) is 3.55. The summed E-state index contributed by atoms with van der Waals surface area (Å²) < 4.78 is 1.93. The molecule has 20 heavy (non-hydrogen) atoms. The van der Waals surface area contributed by atoms with E-state index in [4.69, 9.17) is 0 Å². The molecule has 2 rings (SSSR count). The van der Waals surface area contributed by atoms with E-state index in [0.717, 1.165) is 29.3 Å². The minimum Gasteiger partial charge on any atom is -0.391 e. The lowest BCUT2D eigenvalue weighted by Gasteiger charge is -2.29. The molecule has 0 radical (unpaired) electrons. The molecule has 1 heterocycles. The molecule has 0 amide bonds. The second-order valence-corrected chi connectivity index (χ2v) is 5.17. The van der Waals surface area contributed by atoms with Crippen molar-refractivity contribution in [2.24, 2.45) is 0 Å². The molecule has 1 aromatic carbocycles. The highest BCUT2D eigenvalue weighted by Crippen LogP contribution is 2.28. The highest BCUT2D eigenvalue weighted by molar-refractivity contribution is 5.55. The van der Waals surface area contributed by atoms with Crippen molar-refractivity contribution >= 4 is 5.82 Å². The van der Waals surface area contributed by atoms with E-state index in [2.05, 4.69) is 30.8 Å². The Bertz CT molecular complexity index is 561. The Morgan fingerprint density at radius 3 is 2.40 bits per heavy atom. The summed E-state index contributed by atoms with van der Waals surface area (Å²) in [5.74, 6) is 0.994. The van der Waals surface area contributed by atoms with Gasteiger partial charge in [0.1, 0.15) is 5.82 Å². The van der Waals surface area contributed by atoms with Gasteiger partial charge in [-0.2, -0.15) is 5.10 Å². The van der Waals surface area contributed by atoms with Gasteiger partial charge in [-0.1, -0.05) is 18.2 Å². The highest BCUT2D eigenvalue weighted by Gasteiger charge is 2.22. The topological polar surface area (TPSA) is 41.3 Å². The van der Waals surface area contributed by atoms with Crippen molar-refractivity contribution in [3.8, 4) is 5.69 Å². The molecule has 4 heteroatoms. The summed E-state index contributed by atoms with van der Waals surface area (Å²) in [6, 6.07) is 10.4. The molecule has 0 fully saturated rings. The number of aromatic nitrogens is 2. The molecule has 0 saturated heterocycles. The Kier molecular flexibility index (Phi) is 4.45. The van der Waals surface area contributed by atoms with E-state index < -0.39 is 0 Å². The van der Waals surface area contributed by atoms with E-state index in [1.165, 1.54) is 0 Å². The summed E-state index contributed by atoms with van der Waals surface area (Å²) >= 11 is 0. The zero-order valence-corrected chi connectivity index (χ0v) is 12.7. The maximum Gasteiger partial charge on any atom is 0.138 e. The van der Waals surface area contributed by atoms with Crippen molar-refractivity contribution < 1.29 is 5.11 Å². The van der Waals surface area contributed by atoms with Crippen molar-refractivity contribution in [3.63, 3.8) is 0 Å². The minimum atomic E-state index is 0.0111. The molecule has 1 N–H and O–H groups in total. The van der Waals surface area contributed by atoms with Gasteiger partial charge in [0.2, 0.25) is 0 Å². The van der Waals surface area contributed by atoms with Gasteiger partial charge in [-0.25, -0.2) is 4.68 Å². The molecule has 0 atom stereocenters. The van der Waals surface area contributed by atoms with Crippen LogP contribution in [-0.2, 0) is 6.61 Å². The van der Waals surface area contributed by atoms with E-state index in [1.54, 1.807) is 0 Å². The summed E-state index contributed by atoms with van der Waals surface area (Å²) in [4.78, 5) is 2.26. The first-order valence-electron chi connectivity index (χ1n) is 7.11. The van der Waals surface area contributed by atoms with Crippen molar-refractivity contribution in [1.29, 1.82) is 0 Å². The zero-order chi connectivity index (χ0) is 14.7. The Morgan fingerprint density at radius 2 is 1.90 bits per heavy atom.